The largest absolute Gasteiger partial charge is 0.417 e. The van der Waals surface area contributed by atoms with E-state index in [0.717, 1.165) is 29.9 Å². The molecule has 0 aliphatic heterocycles. The van der Waals surface area contributed by atoms with Gasteiger partial charge in [-0.15, -0.1) is 12.4 Å². The maximum absolute atomic E-state index is 13.0. The third-order valence-corrected chi connectivity index (χ3v) is 4.97. The fraction of sp³-hybridized carbons (Fsp3) is 0.400. The Labute approximate surface area is 184 Å². The van der Waals surface area contributed by atoms with E-state index in [2.05, 4.69) is 32.5 Å². The van der Waals surface area contributed by atoms with Gasteiger partial charge in [-0.25, -0.2) is 4.98 Å². The van der Waals surface area contributed by atoms with Crippen LogP contribution in [0.1, 0.15) is 30.9 Å². The summed E-state index contributed by atoms with van der Waals surface area (Å²) in [6.45, 7) is 3.82. The van der Waals surface area contributed by atoms with Crippen molar-refractivity contribution in [2.24, 2.45) is 5.92 Å². The molecule has 0 amide bonds. The normalized spacial score (nSPS) is 12.6. The molecule has 0 fully saturated rings. The molecule has 0 saturated heterocycles. The van der Waals surface area contributed by atoms with Crippen LogP contribution in [0.4, 0.5) is 19.1 Å². The van der Waals surface area contributed by atoms with Crippen molar-refractivity contribution in [2.75, 3.05) is 18.4 Å². The van der Waals surface area contributed by atoms with Crippen molar-refractivity contribution in [1.29, 1.82) is 0 Å². The first kappa shape index (κ1) is 24.2. The molecular formula is C20H24Cl2F3N5. The van der Waals surface area contributed by atoms with Crippen LogP contribution in [0.2, 0.25) is 5.02 Å². The number of hydrogen-bond donors (Lipinski definition) is 3. The fourth-order valence-corrected chi connectivity index (χ4v) is 3.41. The standard InChI is InChI=1S/C20H23ClF3N5.ClH/c1-2-3-14(11-27-19-28-17-6-7-25-12-18(17)29-19)10-26-9-13-4-5-16(21)15(8-13)20(22,23)24;/h4-8,12,14,26H,2-3,9-11H2,1H3,(H2,27,28,29);1H. The van der Waals surface area contributed by atoms with Gasteiger partial charge in [-0.3, -0.25) is 4.98 Å². The zero-order chi connectivity index (χ0) is 20.9. The SMILES string of the molecule is CCCC(CNCc1ccc(Cl)c(C(F)(F)F)c1)CNc1nc2ccncc2[nH]1.Cl. The molecule has 164 valence electrons. The van der Waals surface area contributed by atoms with Crippen molar-refractivity contribution in [3.63, 3.8) is 0 Å². The molecular weight excluding hydrogens is 438 g/mol. The third kappa shape index (κ3) is 6.48. The Morgan fingerprint density at radius 2 is 2.00 bits per heavy atom. The number of imidazole rings is 1. The maximum atomic E-state index is 13.0. The summed E-state index contributed by atoms with van der Waals surface area (Å²) in [6.07, 6.45) is 0.953. The molecule has 0 aliphatic rings. The lowest BCUT2D eigenvalue weighted by Crippen LogP contribution is -2.28. The van der Waals surface area contributed by atoms with Gasteiger partial charge in [-0.05, 0) is 42.6 Å². The van der Waals surface area contributed by atoms with Crippen molar-refractivity contribution >= 4 is 41.0 Å². The second kappa shape index (κ2) is 10.8. The van der Waals surface area contributed by atoms with Crippen LogP contribution in [-0.4, -0.2) is 28.0 Å². The van der Waals surface area contributed by atoms with E-state index in [-0.39, 0.29) is 17.4 Å². The molecule has 2 heterocycles. The van der Waals surface area contributed by atoms with Gasteiger partial charge in [-0.2, -0.15) is 13.2 Å². The lowest BCUT2D eigenvalue weighted by Gasteiger charge is -2.18. The van der Waals surface area contributed by atoms with Crippen LogP contribution in [0.5, 0.6) is 0 Å². The molecule has 0 aliphatic carbocycles. The lowest BCUT2D eigenvalue weighted by molar-refractivity contribution is -0.137. The number of benzene rings is 1. The van der Waals surface area contributed by atoms with Crippen molar-refractivity contribution in [3.8, 4) is 0 Å². The summed E-state index contributed by atoms with van der Waals surface area (Å²) >= 11 is 5.67. The first-order chi connectivity index (χ1) is 13.9. The number of halogens is 5. The van der Waals surface area contributed by atoms with Gasteiger partial charge in [-0.1, -0.05) is 31.0 Å². The molecule has 0 bridgehead atoms. The van der Waals surface area contributed by atoms with Gasteiger partial charge in [0.1, 0.15) is 0 Å². The molecule has 3 N–H and O–H groups in total. The number of H-pyrrole nitrogens is 1. The van der Waals surface area contributed by atoms with Crippen LogP contribution in [-0.2, 0) is 12.7 Å². The molecule has 3 aromatic rings. The number of aromatic nitrogens is 3. The highest BCUT2D eigenvalue weighted by Gasteiger charge is 2.33. The summed E-state index contributed by atoms with van der Waals surface area (Å²) in [7, 11) is 0. The summed E-state index contributed by atoms with van der Waals surface area (Å²) in [4.78, 5) is 11.7. The smallest absolute Gasteiger partial charge is 0.355 e. The number of hydrogen-bond acceptors (Lipinski definition) is 4. The van der Waals surface area contributed by atoms with Gasteiger partial charge in [0.2, 0.25) is 5.95 Å². The van der Waals surface area contributed by atoms with Gasteiger partial charge in [0.05, 0.1) is 27.8 Å². The highest BCUT2D eigenvalue weighted by Crippen LogP contribution is 2.35. The van der Waals surface area contributed by atoms with Crippen molar-refractivity contribution in [1.82, 2.24) is 20.3 Å². The minimum atomic E-state index is -4.45. The molecule has 1 aromatic carbocycles. The predicted molar refractivity (Wildman–Crippen MR) is 116 cm³/mol. The Morgan fingerprint density at radius 3 is 2.70 bits per heavy atom. The van der Waals surface area contributed by atoms with E-state index in [1.54, 1.807) is 18.5 Å². The summed E-state index contributed by atoms with van der Waals surface area (Å²) in [5.74, 6) is 0.988. The van der Waals surface area contributed by atoms with Gasteiger partial charge in [0.25, 0.3) is 0 Å². The Morgan fingerprint density at radius 1 is 1.20 bits per heavy atom. The number of anilines is 1. The minimum absolute atomic E-state index is 0. The predicted octanol–water partition coefficient (Wildman–Crippen LogP) is 5.67. The molecule has 0 saturated carbocycles. The second-order valence-electron chi connectivity index (χ2n) is 6.96. The van der Waals surface area contributed by atoms with E-state index < -0.39 is 11.7 Å². The quantitative estimate of drug-likeness (QED) is 0.384. The monoisotopic (exact) mass is 461 g/mol. The topological polar surface area (TPSA) is 65.6 Å². The van der Waals surface area contributed by atoms with E-state index in [9.17, 15) is 13.2 Å². The summed E-state index contributed by atoms with van der Waals surface area (Å²) in [5, 5.41) is 6.28. The zero-order valence-electron chi connectivity index (χ0n) is 16.4. The maximum Gasteiger partial charge on any atom is 0.417 e. The Kier molecular flexibility index (Phi) is 8.76. The molecule has 2 aromatic heterocycles. The third-order valence-electron chi connectivity index (χ3n) is 4.64. The van der Waals surface area contributed by atoms with E-state index in [1.165, 1.54) is 6.07 Å². The Bertz CT molecular complexity index is 913. The first-order valence-corrected chi connectivity index (χ1v) is 9.84. The van der Waals surface area contributed by atoms with Crippen LogP contribution in [0.25, 0.3) is 11.0 Å². The Balaban J connectivity index is 0.00000320. The van der Waals surface area contributed by atoms with E-state index in [4.69, 9.17) is 11.6 Å². The number of nitrogens with zero attached hydrogens (tertiary/aromatic N) is 2. The molecule has 10 heteroatoms. The molecule has 1 unspecified atom stereocenters. The molecule has 30 heavy (non-hydrogen) atoms. The molecule has 1 atom stereocenters. The zero-order valence-corrected chi connectivity index (χ0v) is 18.0. The van der Waals surface area contributed by atoms with Crippen molar-refractivity contribution in [3.05, 3.63) is 52.8 Å². The van der Waals surface area contributed by atoms with Crippen LogP contribution in [0.15, 0.2) is 36.7 Å². The number of aromatic amines is 1. The van der Waals surface area contributed by atoms with Gasteiger partial charge in [0.15, 0.2) is 0 Å². The number of pyridine rings is 1. The van der Waals surface area contributed by atoms with Crippen LogP contribution >= 0.6 is 24.0 Å². The van der Waals surface area contributed by atoms with Crippen molar-refractivity contribution in [2.45, 2.75) is 32.5 Å². The first-order valence-electron chi connectivity index (χ1n) is 9.46. The number of rotatable bonds is 9. The van der Waals surface area contributed by atoms with Crippen LogP contribution in [0.3, 0.4) is 0 Å². The number of nitrogens with one attached hydrogen (secondary N) is 3. The number of fused-ring (bicyclic) bond motifs is 1. The highest BCUT2D eigenvalue weighted by molar-refractivity contribution is 6.31. The van der Waals surface area contributed by atoms with E-state index in [1.807, 2.05) is 6.07 Å². The highest BCUT2D eigenvalue weighted by atomic mass is 35.5. The molecule has 0 radical (unpaired) electrons. The Hall–Kier alpha value is -2.03. The number of alkyl halides is 3. The summed E-state index contributed by atoms with van der Waals surface area (Å²) in [5.41, 5.74) is 1.46. The second-order valence-corrected chi connectivity index (χ2v) is 7.36. The fourth-order valence-electron chi connectivity index (χ4n) is 3.19. The molecule has 0 spiro atoms. The average Bonchev–Trinajstić information content (AvgIpc) is 3.09. The van der Waals surface area contributed by atoms with Crippen LogP contribution in [0, 0.1) is 5.92 Å². The van der Waals surface area contributed by atoms with Crippen LogP contribution < -0.4 is 10.6 Å². The van der Waals surface area contributed by atoms with Crippen molar-refractivity contribution < 1.29 is 13.2 Å². The molecule has 3 rings (SSSR count). The van der Waals surface area contributed by atoms with Gasteiger partial charge >= 0.3 is 6.18 Å². The summed E-state index contributed by atoms with van der Waals surface area (Å²) < 4.78 is 39.0. The van der Waals surface area contributed by atoms with Gasteiger partial charge < -0.3 is 15.6 Å². The van der Waals surface area contributed by atoms with Gasteiger partial charge in [0, 0.05) is 19.3 Å². The lowest BCUT2D eigenvalue weighted by atomic mass is 10.0. The molecule has 5 nitrogen and oxygen atoms in total. The van der Waals surface area contributed by atoms with E-state index in [0.29, 0.717) is 37.1 Å². The van der Waals surface area contributed by atoms with E-state index >= 15 is 0 Å². The minimum Gasteiger partial charge on any atom is -0.355 e. The average molecular weight is 462 g/mol. The summed E-state index contributed by atoms with van der Waals surface area (Å²) in [6, 6.07) is 5.84.